The van der Waals surface area contributed by atoms with Crippen molar-refractivity contribution in [2.45, 2.75) is 19.4 Å². The van der Waals surface area contributed by atoms with Gasteiger partial charge in [-0.05, 0) is 36.6 Å². The minimum atomic E-state index is -0.483. The lowest BCUT2D eigenvalue weighted by Crippen LogP contribution is -2.32. The predicted octanol–water partition coefficient (Wildman–Crippen LogP) is 2.97. The van der Waals surface area contributed by atoms with E-state index < -0.39 is 5.82 Å². The molecular formula is C18H19FN2O. The van der Waals surface area contributed by atoms with Crippen LogP contribution in [0.2, 0.25) is 0 Å². The maximum absolute atomic E-state index is 14.3. The van der Waals surface area contributed by atoms with Gasteiger partial charge in [-0.2, -0.15) is 0 Å². The zero-order valence-electron chi connectivity index (χ0n) is 12.6. The summed E-state index contributed by atoms with van der Waals surface area (Å²) in [7, 11) is 0. The van der Waals surface area contributed by atoms with Crippen LogP contribution in [0.5, 0.6) is 0 Å². The van der Waals surface area contributed by atoms with Crippen molar-refractivity contribution in [1.82, 2.24) is 4.90 Å². The largest absolute Gasteiger partial charge is 0.337 e. The third kappa shape index (κ3) is 2.88. The minimum absolute atomic E-state index is 0.00107. The average molecular weight is 298 g/mol. The number of amides is 1. The first kappa shape index (κ1) is 14.7. The number of hydrogen-bond acceptors (Lipinski definition) is 2. The SMILES string of the molecule is Cc1ccc(-c2ccc(C(=O)N3CCC(N)C3)c(F)c2)cc1. The molecular weight excluding hydrogens is 279 g/mol. The fourth-order valence-electron chi connectivity index (χ4n) is 2.76. The van der Waals surface area contributed by atoms with Gasteiger partial charge >= 0.3 is 0 Å². The van der Waals surface area contributed by atoms with E-state index in [1.54, 1.807) is 17.0 Å². The van der Waals surface area contributed by atoms with Crippen molar-refractivity contribution in [3.63, 3.8) is 0 Å². The highest BCUT2D eigenvalue weighted by atomic mass is 19.1. The van der Waals surface area contributed by atoms with E-state index in [1.165, 1.54) is 6.07 Å². The molecule has 1 fully saturated rings. The Morgan fingerprint density at radius 3 is 2.45 bits per heavy atom. The van der Waals surface area contributed by atoms with E-state index in [0.717, 1.165) is 23.1 Å². The number of aryl methyl sites for hydroxylation is 1. The van der Waals surface area contributed by atoms with Crippen LogP contribution in [0.1, 0.15) is 22.3 Å². The fourth-order valence-corrected chi connectivity index (χ4v) is 2.76. The van der Waals surface area contributed by atoms with Crippen molar-refractivity contribution in [2.75, 3.05) is 13.1 Å². The molecule has 1 amide bonds. The number of halogens is 1. The Morgan fingerprint density at radius 1 is 1.18 bits per heavy atom. The molecule has 0 radical (unpaired) electrons. The summed E-state index contributed by atoms with van der Waals surface area (Å²) in [4.78, 5) is 14.0. The van der Waals surface area contributed by atoms with E-state index in [2.05, 4.69) is 0 Å². The standard InChI is InChI=1S/C18H19FN2O/c1-12-2-4-13(5-3-12)14-6-7-16(17(19)10-14)18(22)21-9-8-15(20)11-21/h2-7,10,15H,8-9,11,20H2,1H3. The van der Waals surface area contributed by atoms with E-state index >= 15 is 0 Å². The van der Waals surface area contributed by atoms with E-state index in [0.29, 0.717) is 13.1 Å². The first-order valence-electron chi connectivity index (χ1n) is 7.46. The molecule has 2 aromatic carbocycles. The molecule has 0 saturated carbocycles. The van der Waals surface area contributed by atoms with Gasteiger partial charge in [-0.1, -0.05) is 35.9 Å². The molecule has 2 aromatic rings. The van der Waals surface area contributed by atoms with Gasteiger partial charge in [0.15, 0.2) is 0 Å². The van der Waals surface area contributed by atoms with Crippen molar-refractivity contribution in [2.24, 2.45) is 5.73 Å². The Kier molecular flexibility index (Phi) is 3.94. The second kappa shape index (κ2) is 5.89. The summed E-state index contributed by atoms with van der Waals surface area (Å²) in [6.07, 6.45) is 0.773. The topological polar surface area (TPSA) is 46.3 Å². The molecule has 0 spiro atoms. The van der Waals surface area contributed by atoms with Gasteiger partial charge in [0.1, 0.15) is 5.82 Å². The van der Waals surface area contributed by atoms with Gasteiger partial charge in [0, 0.05) is 19.1 Å². The Balaban J connectivity index is 1.86. The monoisotopic (exact) mass is 298 g/mol. The van der Waals surface area contributed by atoms with Crippen molar-refractivity contribution < 1.29 is 9.18 Å². The summed E-state index contributed by atoms with van der Waals surface area (Å²) in [5.74, 6) is -0.760. The second-order valence-electron chi connectivity index (χ2n) is 5.86. The summed E-state index contributed by atoms with van der Waals surface area (Å²) >= 11 is 0. The lowest BCUT2D eigenvalue weighted by Gasteiger charge is -2.16. The van der Waals surface area contributed by atoms with E-state index in [4.69, 9.17) is 5.73 Å². The number of nitrogens with two attached hydrogens (primary N) is 1. The van der Waals surface area contributed by atoms with Gasteiger partial charge in [0.05, 0.1) is 5.56 Å². The molecule has 1 heterocycles. The maximum atomic E-state index is 14.3. The number of rotatable bonds is 2. The van der Waals surface area contributed by atoms with Gasteiger partial charge in [-0.25, -0.2) is 4.39 Å². The van der Waals surface area contributed by atoms with Gasteiger partial charge in [0.2, 0.25) is 0 Å². The minimum Gasteiger partial charge on any atom is -0.337 e. The van der Waals surface area contributed by atoms with Gasteiger partial charge in [-0.15, -0.1) is 0 Å². The van der Waals surface area contributed by atoms with Crippen molar-refractivity contribution in [3.05, 3.63) is 59.4 Å². The van der Waals surface area contributed by atoms with E-state index in [-0.39, 0.29) is 17.5 Å². The molecule has 1 aliphatic heterocycles. The Labute approximate surface area is 129 Å². The molecule has 0 aromatic heterocycles. The molecule has 3 nitrogen and oxygen atoms in total. The first-order valence-corrected chi connectivity index (χ1v) is 7.46. The lowest BCUT2D eigenvalue weighted by atomic mass is 10.0. The molecule has 114 valence electrons. The molecule has 2 N–H and O–H groups in total. The number of nitrogens with zero attached hydrogens (tertiary/aromatic N) is 1. The van der Waals surface area contributed by atoms with Crippen LogP contribution in [0.25, 0.3) is 11.1 Å². The quantitative estimate of drug-likeness (QED) is 0.926. The van der Waals surface area contributed by atoms with Crippen LogP contribution >= 0.6 is 0 Å². The van der Waals surface area contributed by atoms with Crippen LogP contribution in [0, 0.1) is 12.7 Å². The fraction of sp³-hybridized carbons (Fsp3) is 0.278. The lowest BCUT2D eigenvalue weighted by molar-refractivity contribution is 0.0786. The number of hydrogen-bond donors (Lipinski definition) is 1. The zero-order valence-corrected chi connectivity index (χ0v) is 12.6. The Bertz CT molecular complexity index is 697. The third-order valence-corrected chi connectivity index (χ3v) is 4.10. The summed E-state index contributed by atoms with van der Waals surface area (Å²) < 4.78 is 14.3. The van der Waals surface area contributed by atoms with Crippen LogP contribution in [0.3, 0.4) is 0 Å². The normalized spacial score (nSPS) is 17.8. The molecule has 4 heteroatoms. The molecule has 22 heavy (non-hydrogen) atoms. The second-order valence-corrected chi connectivity index (χ2v) is 5.86. The number of carbonyl (C=O) groups is 1. The highest BCUT2D eigenvalue weighted by molar-refractivity contribution is 5.95. The van der Waals surface area contributed by atoms with Crippen LogP contribution in [0.15, 0.2) is 42.5 Å². The van der Waals surface area contributed by atoms with Gasteiger partial charge < -0.3 is 10.6 Å². The van der Waals surface area contributed by atoms with E-state index in [9.17, 15) is 9.18 Å². The maximum Gasteiger partial charge on any atom is 0.256 e. The molecule has 1 aliphatic rings. The molecule has 1 unspecified atom stereocenters. The summed E-state index contributed by atoms with van der Waals surface area (Å²) in [5.41, 5.74) is 8.78. The van der Waals surface area contributed by atoms with E-state index in [1.807, 2.05) is 31.2 Å². The van der Waals surface area contributed by atoms with Crippen molar-refractivity contribution >= 4 is 5.91 Å². The number of benzene rings is 2. The predicted molar refractivity (Wildman–Crippen MR) is 85.1 cm³/mol. The van der Waals surface area contributed by atoms with Crippen LogP contribution in [0.4, 0.5) is 4.39 Å². The number of likely N-dealkylation sites (tertiary alicyclic amines) is 1. The molecule has 0 bridgehead atoms. The summed E-state index contributed by atoms with van der Waals surface area (Å²) in [6, 6.07) is 12.6. The Hall–Kier alpha value is -2.20. The highest BCUT2D eigenvalue weighted by Gasteiger charge is 2.26. The third-order valence-electron chi connectivity index (χ3n) is 4.10. The van der Waals surface area contributed by atoms with Gasteiger partial charge in [0.25, 0.3) is 5.91 Å². The molecule has 3 rings (SSSR count). The zero-order chi connectivity index (χ0) is 15.7. The van der Waals surface area contributed by atoms with Crippen molar-refractivity contribution in [1.29, 1.82) is 0 Å². The first-order chi connectivity index (χ1) is 10.5. The smallest absolute Gasteiger partial charge is 0.256 e. The van der Waals surface area contributed by atoms with Crippen LogP contribution in [-0.4, -0.2) is 29.9 Å². The highest BCUT2D eigenvalue weighted by Crippen LogP contribution is 2.24. The summed E-state index contributed by atoms with van der Waals surface area (Å²) in [5, 5.41) is 0. The summed E-state index contributed by atoms with van der Waals surface area (Å²) in [6.45, 7) is 3.10. The van der Waals surface area contributed by atoms with Crippen LogP contribution < -0.4 is 5.73 Å². The van der Waals surface area contributed by atoms with Crippen molar-refractivity contribution in [3.8, 4) is 11.1 Å². The van der Waals surface area contributed by atoms with Gasteiger partial charge in [-0.3, -0.25) is 4.79 Å². The molecule has 1 atom stereocenters. The molecule has 0 aliphatic carbocycles. The average Bonchev–Trinajstić information content (AvgIpc) is 2.94. The number of carbonyl (C=O) groups excluding carboxylic acids is 1. The van der Waals surface area contributed by atoms with Crippen LogP contribution in [-0.2, 0) is 0 Å². The Morgan fingerprint density at radius 2 is 1.86 bits per heavy atom. The molecule has 1 saturated heterocycles.